The first-order valence-electron chi connectivity index (χ1n) is 7.28. The van der Waals surface area contributed by atoms with Crippen LogP contribution in [-0.4, -0.2) is 60.6 Å². The molecule has 1 heterocycles. The molecule has 7 nitrogen and oxygen atoms in total. The lowest BCUT2D eigenvalue weighted by atomic mass is 10.1. The fraction of sp³-hybridized carbons (Fsp3) is 0.846. The summed E-state index contributed by atoms with van der Waals surface area (Å²) in [4.78, 5) is 24.4. The van der Waals surface area contributed by atoms with Crippen LogP contribution in [0.2, 0.25) is 0 Å². The van der Waals surface area contributed by atoms with E-state index in [1.54, 1.807) is 0 Å². The number of amides is 2. The largest absolute Gasteiger partial charge is 0.480 e. The molecular formula is C13H24N2O5S. The van der Waals surface area contributed by atoms with Crippen LogP contribution in [0.15, 0.2) is 0 Å². The highest BCUT2D eigenvalue weighted by Crippen LogP contribution is 2.18. The van der Waals surface area contributed by atoms with Crippen molar-refractivity contribution >= 4 is 21.8 Å². The maximum absolute atomic E-state index is 12.3. The summed E-state index contributed by atoms with van der Waals surface area (Å²) in [6, 6.07) is -1.05. The molecule has 21 heavy (non-hydrogen) atoms. The molecule has 0 saturated carbocycles. The van der Waals surface area contributed by atoms with Crippen LogP contribution in [0.5, 0.6) is 0 Å². The Balaban J connectivity index is 2.77. The van der Waals surface area contributed by atoms with Gasteiger partial charge in [-0.3, -0.25) is 4.79 Å². The van der Waals surface area contributed by atoms with E-state index in [4.69, 9.17) is 5.11 Å². The summed E-state index contributed by atoms with van der Waals surface area (Å²) < 4.78 is 23.1. The zero-order chi connectivity index (χ0) is 16.0. The summed E-state index contributed by atoms with van der Waals surface area (Å²) in [6.07, 6.45) is 2.78. The van der Waals surface area contributed by atoms with E-state index in [2.05, 4.69) is 5.32 Å². The number of carbonyl (C=O) groups is 2. The molecule has 0 aliphatic carbocycles. The highest BCUT2D eigenvalue weighted by atomic mass is 32.2. The number of carbonyl (C=O) groups excluding carboxylic acids is 1. The predicted octanol–water partition coefficient (Wildman–Crippen LogP) is 0.848. The molecule has 1 fully saturated rings. The monoisotopic (exact) mass is 320 g/mol. The van der Waals surface area contributed by atoms with E-state index in [-0.39, 0.29) is 17.5 Å². The SMILES string of the molecule is CCCC(CC)NC(=O)N(CC(=O)O)C1CCS(=O)(=O)C1. The topological polar surface area (TPSA) is 104 Å². The summed E-state index contributed by atoms with van der Waals surface area (Å²) in [7, 11) is -3.17. The van der Waals surface area contributed by atoms with Crippen LogP contribution in [0.3, 0.4) is 0 Å². The molecule has 2 N–H and O–H groups in total. The lowest BCUT2D eigenvalue weighted by molar-refractivity contribution is -0.138. The van der Waals surface area contributed by atoms with Gasteiger partial charge < -0.3 is 15.3 Å². The zero-order valence-corrected chi connectivity index (χ0v) is 13.4. The molecule has 8 heteroatoms. The Labute approximate surface area is 125 Å². The predicted molar refractivity (Wildman–Crippen MR) is 78.9 cm³/mol. The molecular weight excluding hydrogens is 296 g/mol. The number of nitrogens with zero attached hydrogens (tertiary/aromatic N) is 1. The Kier molecular flexibility index (Phi) is 6.44. The number of hydrogen-bond donors (Lipinski definition) is 2. The molecule has 0 aromatic rings. The summed E-state index contributed by atoms with van der Waals surface area (Å²) >= 11 is 0. The highest BCUT2D eigenvalue weighted by molar-refractivity contribution is 7.91. The second-order valence-corrected chi connectivity index (χ2v) is 7.65. The van der Waals surface area contributed by atoms with Gasteiger partial charge in [0.15, 0.2) is 9.84 Å². The third kappa shape index (κ3) is 5.53. The Morgan fingerprint density at radius 2 is 2.05 bits per heavy atom. The van der Waals surface area contributed by atoms with E-state index in [0.29, 0.717) is 6.42 Å². The van der Waals surface area contributed by atoms with E-state index in [1.807, 2.05) is 13.8 Å². The van der Waals surface area contributed by atoms with Gasteiger partial charge in [0.1, 0.15) is 6.54 Å². The summed E-state index contributed by atoms with van der Waals surface area (Å²) in [6.45, 7) is 3.48. The molecule has 0 spiro atoms. The van der Waals surface area contributed by atoms with Crippen molar-refractivity contribution in [2.45, 2.75) is 51.6 Å². The first-order valence-corrected chi connectivity index (χ1v) is 9.10. The molecule has 0 radical (unpaired) electrons. The van der Waals surface area contributed by atoms with Gasteiger partial charge in [-0.2, -0.15) is 0 Å². The van der Waals surface area contributed by atoms with Crippen molar-refractivity contribution in [2.24, 2.45) is 0 Å². The maximum Gasteiger partial charge on any atom is 0.323 e. The molecule has 1 aliphatic rings. The number of urea groups is 1. The molecule has 2 amide bonds. The quantitative estimate of drug-likeness (QED) is 0.723. The molecule has 2 unspecified atom stereocenters. The first kappa shape index (κ1) is 17.7. The lowest BCUT2D eigenvalue weighted by Gasteiger charge is -2.29. The third-order valence-corrected chi connectivity index (χ3v) is 5.42. The van der Waals surface area contributed by atoms with Gasteiger partial charge in [0.05, 0.1) is 11.5 Å². The normalized spacial score (nSPS) is 21.7. The van der Waals surface area contributed by atoms with Crippen LogP contribution < -0.4 is 5.32 Å². The van der Waals surface area contributed by atoms with Crippen LogP contribution in [-0.2, 0) is 14.6 Å². The lowest BCUT2D eigenvalue weighted by Crippen LogP contribution is -2.51. The first-order chi connectivity index (χ1) is 9.79. The van der Waals surface area contributed by atoms with Crippen molar-refractivity contribution in [3.63, 3.8) is 0 Å². The Morgan fingerprint density at radius 1 is 1.38 bits per heavy atom. The van der Waals surface area contributed by atoms with Crippen LogP contribution in [0, 0.1) is 0 Å². The van der Waals surface area contributed by atoms with Gasteiger partial charge in [0.2, 0.25) is 0 Å². The Morgan fingerprint density at radius 3 is 2.48 bits per heavy atom. The van der Waals surface area contributed by atoms with Crippen LogP contribution in [0.4, 0.5) is 4.79 Å². The van der Waals surface area contributed by atoms with Gasteiger partial charge in [-0.1, -0.05) is 20.3 Å². The zero-order valence-electron chi connectivity index (χ0n) is 12.5. The minimum absolute atomic E-state index is 0.00717. The smallest absolute Gasteiger partial charge is 0.323 e. The summed E-state index contributed by atoms with van der Waals surface area (Å²) in [5.41, 5.74) is 0. The fourth-order valence-electron chi connectivity index (χ4n) is 2.52. The number of hydrogen-bond acceptors (Lipinski definition) is 4. The number of rotatable bonds is 7. The molecule has 1 aliphatic heterocycles. The van der Waals surface area contributed by atoms with Gasteiger partial charge in [0, 0.05) is 12.1 Å². The number of nitrogens with one attached hydrogen (secondary N) is 1. The summed E-state index contributed by atoms with van der Waals surface area (Å²) in [5.74, 6) is -1.29. The molecule has 0 aromatic heterocycles. The third-order valence-electron chi connectivity index (χ3n) is 3.67. The van der Waals surface area contributed by atoms with Crippen molar-refractivity contribution in [1.29, 1.82) is 0 Å². The fourth-order valence-corrected chi connectivity index (χ4v) is 4.25. The van der Waals surface area contributed by atoms with E-state index in [0.717, 1.165) is 24.2 Å². The number of aliphatic carboxylic acids is 1. The average molecular weight is 320 g/mol. The van der Waals surface area contributed by atoms with Crippen molar-refractivity contribution in [3.8, 4) is 0 Å². The van der Waals surface area contributed by atoms with Gasteiger partial charge >= 0.3 is 12.0 Å². The molecule has 122 valence electrons. The molecule has 1 saturated heterocycles. The highest BCUT2D eigenvalue weighted by Gasteiger charge is 2.36. The average Bonchev–Trinajstić information content (AvgIpc) is 2.75. The molecule has 0 aromatic carbocycles. The van der Waals surface area contributed by atoms with Gasteiger partial charge in [-0.05, 0) is 19.3 Å². The number of carboxylic acids is 1. The standard InChI is InChI=1S/C13H24N2O5S/c1-3-5-10(4-2)14-13(18)15(8-12(16)17)11-6-7-21(19,20)9-11/h10-11H,3-9H2,1-2H3,(H,14,18)(H,16,17). The molecule has 0 bridgehead atoms. The number of sulfone groups is 1. The van der Waals surface area contributed by atoms with E-state index < -0.39 is 34.4 Å². The van der Waals surface area contributed by atoms with Crippen molar-refractivity contribution in [1.82, 2.24) is 10.2 Å². The molecule has 2 atom stereocenters. The maximum atomic E-state index is 12.3. The van der Waals surface area contributed by atoms with Crippen LogP contribution >= 0.6 is 0 Å². The van der Waals surface area contributed by atoms with Gasteiger partial charge in [0.25, 0.3) is 0 Å². The van der Waals surface area contributed by atoms with Gasteiger partial charge in [-0.25, -0.2) is 13.2 Å². The van der Waals surface area contributed by atoms with Crippen molar-refractivity contribution in [2.75, 3.05) is 18.1 Å². The minimum Gasteiger partial charge on any atom is -0.480 e. The summed E-state index contributed by atoms with van der Waals surface area (Å²) in [5, 5.41) is 11.8. The molecule has 1 rings (SSSR count). The van der Waals surface area contributed by atoms with E-state index in [1.165, 1.54) is 0 Å². The van der Waals surface area contributed by atoms with E-state index >= 15 is 0 Å². The van der Waals surface area contributed by atoms with Gasteiger partial charge in [-0.15, -0.1) is 0 Å². The second-order valence-electron chi connectivity index (χ2n) is 5.42. The second kappa shape index (κ2) is 7.63. The van der Waals surface area contributed by atoms with Crippen molar-refractivity contribution in [3.05, 3.63) is 0 Å². The Bertz CT molecular complexity index is 477. The van der Waals surface area contributed by atoms with Crippen LogP contribution in [0.1, 0.15) is 39.5 Å². The Hall–Kier alpha value is -1.31. The minimum atomic E-state index is -3.17. The van der Waals surface area contributed by atoms with Crippen LogP contribution in [0.25, 0.3) is 0 Å². The van der Waals surface area contributed by atoms with E-state index in [9.17, 15) is 18.0 Å². The van der Waals surface area contributed by atoms with Crippen molar-refractivity contribution < 1.29 is 23.1 Å². The number of carboxylic acid groups (broad SMARTS) is 1.